The van der Waals surface area contributed by atoms with Gasteiger partial charge >= 0.3 is 0 Å². The number of likely N-dealkylation sites (N-methyl/N-ethyl adjacent to an activating group) is 1. The minimum absolute atomic E-state index is 0.0973. The van der Waals surface area contributed by atoms with Crippen LogP contribution in [0.4, 0.5) is 0 Å². The third-order valence-corrected chi connectivity index (χ3v) is 5.37. The molecule has 0 fully saturated rings. The second-order valence-corrected chi connectivity index (χ2v) is 12.4. The number of nitrogens with two attached hydrogens (primary N) is 1. The summed E-state index contributed by atoms with van der Waals surface area (Å²) in [5.41, 5.74) is 6.85. The molecule has 1 aromatic carbocycles. The van der Waals surface area contributed by atoms with Crippen molar-refractivity contribution in [2.24, 2.45) is 5.73 Å². The van der Waals surface area contributed by atoms with Crippen LogP contribution in [0.2, 0.25) is 25.7 Å². The highest BCUT2D eigenvalue weighted by Gasteiger charge is 2.29. The van der Waals surface area contributed by atoms with Crippen molar-refractivity contribution in [3.05, 3.63) is 35.9 Å². The van der Waals surface area contributed by atoms with Gasteiger partial charge in [-0.2, -0.15) is 0 Å². The van der Waals surface area contributed by atoms with Crippen molar-refractivity contribution in [3.63, 3.8) is 0 Å². The first-order valence-electron chi connectivity index (χ1n) is 7.39. The first-order valence-corrected chi connectivity index (χ1v) is 11.1. The predicted molar refractivity (Wildman–Crippen MR) is 89.8 cm³/mol. The standard InChI is InChI=1S/C16H28N2O2Si/c1-12(15(19)13-9-7-6-8-10-13)18(2)16(20)14(17)11-21(3,4)5/h6-10,12,14-15,19H,11,17H2,1-5H3/t12-,14-,15+/m1/s1. The number of hydrogen-bond acceptors (Lipinski definition) is 3. The van der Waals surface area contributed by atoms with E-state index in [4.69, 9.17) is 5.73 Å². The second kappa shape index (κ2) is 7.20. The van der Waals surface area contributed by atoms with Crippen molar-refractivity contribution in [3.8, 4) is 0 Å². The molecule has 0 aliphatic heterocycles. The van der Waals surface area contributed by atoms with Crippen LogP contribution in [0.25, 0.3) is 0 Å². The van der Waals surface area contributed by atoms with E-state index in [0.29, 0.717) is 0 Å². The molecule has 0 spiro atoms. The molecule has 0 unspecified atom stereocenters. The number of aliphatic hydroxyl groups is 1. The molecular weight excluding hydrogens is 280 g/mol. The molecule has 118 valence electrons. The van der Waals surface area contributed by atoms with Crippen LogP contribution in [0.15, 0.2) is 30.3 Å². The number of hydrogen-bond donors (Lipinski definition) is 2. The Kier molecular flexibility index (Phi) is 6.13. The maximum atomic E-state index is 12.4. The van der Waals surface area contributed by atoms with E-state index in [9.17, 15) is 9.90 Å². The van der Waals surface area contributed by atoms with Crippen LogP contribution in [0.5, 0.6) is 0 Å². The summed E-state index contributed by atoms with van der Waals surface area (Å²) in [6.45, 7) is 8.43. The predicted octanol–water partition coefficient (Wildman–Crippen LogP) is 2.23. The number of aliphatic hydroxyl groups excluding tert-OH is 1. The summed E-state index contributed by atoms with van der Waals surface area (Å²) < 4.78 is 0. The molecule has 0 aromatic heterocycles. The Balaban J connectivity index is 2.73. The highest BCUT2D eigenvalue weighted by molar-refractivity contribution is 6.76. The van der Waals surface area contributed by atoms with Gasteiger partial charge in [-0.1, -0.05) is 50.0 Å². The smallest absolute Gasteiger partial charge is 0.239 e. The maximum Gasteiger partial charge on any atom is 0.239 e. The minimum Gasteiger partial charge on any atom is -0.386 e. The summed E-state index contributed by atoms with van der Waals surface area (Å²) in [7, 11) is 0.322. The van der Waals surface area contributed by atoms with Gasteiger partial charge in [0.15, 0.2) is 0 Å². The fraction of sp³-hybridized carbons (Fsp3) is 0.562. The van der Waals surface area contributed by atoms with Crippen molar-refractivity contribution < 1.29 is 9.90 Å². The maximum absolute atomic E-state index is 12.4. The van der Waals surface area contributed by atoms with Gasteiger partial charge in [-0.3, -0.25) is 4.79 Å². The largest absolute Gasteiger partial charge is 0.386 e. The number of amides is 1. The Morgan fingerprint density at radius 2 is 1.81 bits per heavy atom. The molecule has 0 saturated heterocycles. The monoisotopic (exact) mass is 308 g/mol. The van der Waals surface area contributed by atoms with Crippen molar-refractivity contribution in [2.45, 2.75) is 50.8 Å². The molecule has 0 heterocycles. The second-order valence-electron chi connectivity index (χ2n) is 6.92. The molecule has 1 amide bonds. The van der Waals surface area contributed by atoms with E-state index in [1.54, 1.807) is 11.9 Å². The topological polar surface area (TPSA) is 66.6 Å². The lowest BCUT2D eigenvalue weighted by atomic mass is 10.0. The van der Waals surface area contributed by atoms with Gasteiger partial charge in [0.1, 0.15) is 0 Å². The zero-order valence-electron chi connectivity index (χ0n) is 13.7. The summed E-state index contributed by atoms with van der Waals surface area (Å²) in [6.07, 6.45) is -0.709. The normalized spacial score (nSPS) is 16.1. The van der Waals surface area contributed by atoms with Crippen molar-refractivity contribution in [1.29, 1.82) is 0 Å². The van der Waals surface area contributed by atoms with Gasteiger partial charge < -0.3 is 15.7 Å². The molecule has 21 heavy (non-hydrogen) atoms. The van der Waals surface area contributed by atoms with Crippen LogP contribution < -0.4 is 5.73 Å². The Hall–Kier alpha value is -1.17. The van der Waals surface area contributed by atoms with Crippen LogP contribution in [0, 0.1) is 0 Å². The molecule has 1 rings (SSSR count). The van der Waals surface area contributed by atoms with E-state index >= 15 is 0 Å². The van der Waals surface area contributed by atoms with Gasteiger partial charge in [0.2, 0.25) is 5.91 Å². The van der Waals surface area contributed by atoms with Gasteiger partial charge in [-0.15, -0.1) is 0 Å². The van der Waals surface area contributed by atoms with Gasteiger partial charge in [0.25, 0.3) is 0 Å². The minimum atomic E-state index is -1.39. The number of nitrogens with zero attached hydrogens (tertiary/aromatic N) is 1. The lowest BCUT2D eigenvalue weighted by molar-refractivity contribution is -0.134. The highest BCUT2D eigenvalue weighted by atomic mass is 28.3. The van der Waals surface area contributed by atoms with Crippen molar-refractivity contribution in [2.75, 3.05) is 7.05 Å². The van der Waals surface area contributed by atoms with E-state index in [-0.39, 0.29) is 11.9 Å². The van der Waals surface area contributed by atoms with Crippen LogP contribution in [0.3, 0.4) is 0 Å². The van der Waals surface area contributed by atoms with Gasteiger partial charge in [-0.25, -0.2) is 0 Å². The quantitative estimate of drug-likeness (QED) is 0.792. The van der Waals surface area contributed by atoms with Gasteiger partial charge in [-0.05, 0) is 18.5 Å². The zero-order valence-corrected chi connectivity index (χ0v) is 14.7. The molecule has 0 aliphatic carbocycles. The molecule has 0 bridgehead atoms. The van der Waals surface area contributed by atoms with Crippen LogP contribution in [-0.2, 0) is 4.79 Å². The van der Waals surface area contributed by atoms with Gasteiger partial charge in [0.05, 0.1) is 18.2 Å². The number of rotatable bonds is 6. The summed E-state index contributed by atoms with van der Waals surface area (Å²) in [5, 5.41) is 10.4. The molecule has 0 saturated carbocycles. The SMILES string of the molecule is C[C@H]([C@H](O)c1ccccc1)N(C)C(=O)[C@H](N)C[Si](C)(C)C. The molecule has 5 heteroatoms. The Morgan fingerprint density at radius 3 is 2.29 bits per heavy atom. The van der Waals surface area contributed by atoms with E-state index in [0.717, 1.165) is 11.6 Å². The summed E-state index contributed by atoms with van der Waals surface area (Å²) >= 11 is 0. The third-order valence-electron chi connectivity index (χ3n) is 3.71. The van der Waals surface area contributed by atoms with Crippen molar-refractivity contribution in [1.82, 2.24) is 4.90 Å². The first kappa shape index (κ1) is 17.9. The van der Waals surface area contributed by atoms with Crippen molar-refractivity contribution >= 4 is 14.0 Å². The Labute approximate surface area is 129 Å². The molecule has 1 aromatic rings. The lowest BCUT2D eigenvalue weighted by Crippen LogP contribution is -2.49. The summed E-state index contributed by atoms with van der Waals surface area (Å²) in [4.78, 5) is 14.0. The zero-order chi connectivity index (χ0) is 16.2. The fourth-order valence-corrected chi connectivity index (χ4v) is 3.84. The molecule has 3 N–H and O–H groups in total. The van der Waals surface area contributed by atoms with Gasteiger partial charge in [0, 0.05) is 15.1 Å². The fourth-order valence-electron chi connectivity index (χ4n) is 2.35. The Bertz CT molecular complexity index is 459. The third kappa shape index (κ3) is 5.26. The number of benzene rings is 1. The Morgan fingerprint density at radius 1 is 1.29 bits per heavy atom. The van der Waals surface area contributed by atoms with E-state index in [1.807, 2.05) is 37.3 Å². The van der Waals surface area contributed by atoms with E-state index in [2.05, 4.69) is 19.6 Å². The summed E-state index contributed by atoms with van der Waals surface area (Å²) in [5.74, 6) is -0.0973. The number of carbonyl (C=O) groups is 1. The van der Waals surface area contributed by atoms with Crippen LogP contribution in [-0.4, -0.2) is 43.1 Å². The molecule has 0 radical (unpaired) electrons. The average molecular weight is 308 g/mol. The molecule has 3 atom stereocenters. The van der Waals surface area contributed by atoms with E-state index in [1.165, 1.54) is 0 Å². The molecule has 4 nitrogen and oxygen atoms in total. The van der Waals surface area contributed by atoms with Crippen LogP contribution >= 0.6 is 0 Å². The highest BCUT2D eigenvalue weighted by Crippen LogP contribution is 2.21. The first-order chi connectivity index (χ1) is 9.63. The van der Waals surface area contributed by atoms with E-state index < -0.39 is 20.2 Å². The number of carbonyl (C=O) groups excluding carboxylic acids is 1. The lowest BCUT2D eigenvalue weighted by Gasteiger charge is -2.32. The molecule has 0 aliphatic rings. The summed E-state index contributed by atoms with van der Waals surface area (Å²) in [6, 6.07) is 9.35. The average Bonchev–Trinajstić information content (AvgIpc) is 2.43. The van der Waals surface area contributed by atoms with Crippen LogP contribution in [0.1, 0.15) is 18.6 Å². The molecular formula is C16H28N2O2Si.